The van der Waals surface area contributed by atoms with Crippen molar-refractivity contribution >= 4 is 5.91 Å². The van der Waals surface area contributed by atoms with Gasteiger partial charge in [-0.2, -0.15) is 0 Å². The zero-order valence-electron chi connectivity index (χ0n) is 13.4. The number of nitrogens with zero attached hydrogens (tertiary/aromatic N) is 1. The minimum absolute atomic E-state index is 0.304. The monoisotopic (exact) mass is 275 g/mol. The molecule has 2 atom stereocenters. The van der Waals surface area contributed by atoms with Gasteiger partial charge >= 0.3 is 0 Å². The van der Waals surface area contributed by atoms with Crippen LogP contribution in [0.3, 0.4) is 0 Å². The minimum atomic E-state index is 0.304. The van der Waals surface area contributed by atoms with Crippen molar-refractivity contribution in [3.63, 3.8) is 0 Å². The lowest BCUT2D eigenvalue weighted by molar-refractivity contribution is -0.133. The molecule has 20 heavy (non-hydrogen) atoms. The highest BCUT2D eigenvalue weighted by Crippen LogP contribution is 2.32. The fourth-order valence-electron chi connectivity index (χ4n) is 3.05. The van der Waals surface area contributed by atoms with Crippen LogP contribution in [0.25, 0.3) is 0 Å². The van der Waals surface area contributed by atoms with Crippen molar-refractivity contribution in [2.45, 2.75) is 59.4 Å². The Morgan fingerprint density at radius 2 is 2.15 bits per heavy atom. The van der Waals surface area contributed by atoms with E-state index in [1.165, 1.54) is 12.0 Å². The van der Waals surface area contributed by atoms with Gasteiger partial charge in [0.05, 0.1) is 0 Å². The van der Waals surface area contributed by atoms with Gasteiger partial charge in [0, 0.05) is 18.5 Å². The summed E-state index contributed by atoms with van der Waals surface area (Å²) >= 11 is 0. The van der Waals surface area contributed by atoms with Crippen LogP contribution in [-0.4, -0.2) is 23.4 Å². The predicted molar refractivity (Wildman–Crippen MR) is 84.4 cm³/mol. The molecule has 0 spiro atoms. The van der Waals surface area contributed by atoms with Crippen LogP contribution in [0.5, 0.6) is 0 Å². The fraction of sp³-hybridized carbons (Fsp3) is 0.722. The molecule has 1 amide bonds. The average Bonchev–Trinajstić information content (AvgIpc) is 3.19. The molecule has 0 aromatic heterocycles. The third kappa shape index (κ3) is 3.97. The second-order valence-electron chi connectivity index (χ2n) is 6.92. The smallest absolute Gasteiger partial charge is 0.226 e. The van der Waals surface area contributed by atoms with Crippen molar-refractivity contribution < 1.29 is 4.79 Å². The van der Waals surface area contributed by atoms with Gasteiger partial charge in [0.15, 0.2) is 0 Å². The summed E-state index contributed by atoms with van der Waals surface area (Å²) in [6.45, 7) is 9.57. The Morgan fingerprint density at radius 3 is 2.70 bits per heavy atom. The van der Waals surface area contributed by atoms with E-state index in [4.69, 9.17) is 0 Å². The van der Waals surface area contributed by atoms with E-state index in [2.05, 4.69) is 45.9 Å². The SMILES string of the molecule is CC1=CCC(/C=C\CN(C(=O)C2CC2)C(C)C)C(C)C1. The molecule has 0 N–H and O–H groups in total. The van der Waals surface area contributed by atoms with Gasteiger partial charge in [-0.1, -0.05) is 30.7 Å². The molecule has 0 aromatic rings. The number of carbonyl (C=O) groups excluding carboxylic acids is 1. The van der Waals surface area contributed by atoms with Crippen molar-refractivity contribution in [1.29, 1.82) is 0 Å². The van der Waals surface area contributed by atoms with Crippen molar-refractivity contribution in [3.05, 3.63) is 23.8 Å². The van der Waals surface area contributed by atoms with Gasteiger partial charge in [0.1, 0.15) is 0 Å². The number of allylic oxidation sites excluding steroid dienone is 3. The Hall–Kier alpha value is -1.05. The lowest BCUT2D eigenvalue weighted by Gasteiger charge is -2.27. The number of rotatable bonds is 5. The van der Waals surface area contributed by atoms with Gasteiger partial charge < -0.3 is 4.90 Å². The van der Waals surface area contributed by atoms with E-state index in [1.807, 2.05) is 4.90 Å². The zero-order valence-corrected chi connectivity index (χ0v) is 13.4. The van der Waals surface area contributed by atoms with Gasteiger partial charge in [-0.05, 0) is 58.3 Å². The second-order valence-corrected chi connectivity index (χ2v) is 6.92. The molecule has 2 nitrogen and oxygen atoms in total. The normalized spacial score (nSPS) is 26.9. The summed E-state index contributed by atoms with van der Waals surface area (Å²) in [4.78, 5) is 14.2. The highest BCUT2D eigenvalue weighted by Gasteiger charge is 2.33. The summed E-state index contributed by atoms with van der Waals surface area (Å²) in [6, 6.07) is 0.304. The molecule has 0 bridgehead atoms. The zero-order chi connectivity index (χ0) is 14.7. The number of carbonyl (C=O) groups is 1. The Kier molecular flexibility index (Phi) is 5.06. The summed E-state index contributed by atoms with van der Waals surface area (Å²) in [5.74, 6) is 2.05. The van der Waals surface area contributed by atoms with Crippen LogP contribution in [0, 0.1) is 17.8 Å². The van der Waals surface area contributed by atoms with Crippen molar-refractivity contribution in [1.82, 2.24) is 4.90 Å². The van der Waals surface area contributed by atoms with E-state index < -0.39 is 0 Å². The summed E-state index contributed by atoms with van der Waals surface area (Å²) < 4.78 is 0. The van der Waals surface area contributed by atoms with Gasteiger partial charge in [-0.15, -0.1) is 0 Å². The number of hydrogen-bond acceptors (Lipinski definition) is 1. The molecule has 0 saturated heterocycles. The highest BCUT2D eigenvalue weighted by atomic mass is 16.2. The van der Waals surface area contributed by atoms with E-state index in [-0.39, 0.29) is 0 Å². The quantitative estimate of drug-likeness (QED) is 0.689. The Labute approximate surface area is 123 Å². The average molecular weight is 275 g/mol. The maximum atomic E-state index is 12.2. The molecule has 2 heteroatoms. The molecule has 1 saturated carbocycles. The topological polar surface area (TPSA) is 20.3 Å². The maximum absolute atomic E-state index is 12.2. The molecule has 2 aliphatic carbocycles. The van der Waals surface area contributed by atoms with Gasteiger partial charge in [0.25, 0.3) is 0 Å². The molecule has 0 radical (unpaired) electrons. The van der Waals surface area contributed by atoms with Crippen LogP contribution in [0.2, 0.25) is 0 Å². The van der Waals surface area contributed by atoms with Gasteiger partial charge in [0.2, 0.25) is 5.91 Å². The molecule has 0 aromatic carbocycles. The molecule has 2 unspecified atom stereocenters. The third-order valence-corrected chi connectivity index (χ3v) is 4.63. The lowest BCUT2D eigenvalue weighted by atomic mass is 9.81. The van der Waals surface area contributed by atoms with E-state index >= 15 is 0 Å². The summed E-state index contributed by atoms with van der Waals surface area (Å²) in [5, 5.41) is 0. The summed E-state index contributed by atoms with van der Waals surface area (Å²) in [6.07, 6.45) is 11.5. The maximum Gasteiger partial charge on any atom is 0.226 e. The molecule has 112 valence electrons. The van der Waals surface area contributed by atoms with E-state index in [0.717, 1.165) is 31.7 Å². The predicted octanol–water partition coefficient (Wildman–Crippen LogP) is 4.18. The third-order valence-electron chi connectivity index (χ3n) is 4.63. The molecular weight excluding hydrogens is 246 g/mol. The first-order valence-corrected chi connectivity index (χ1v) is 8.11. The van der Waals surface area contributed by atoms with E-state index in [0.29, 0.717) is 23.8 Å². The Morgan fingerprint density at radius 1 is 1.45 bits per heavy atom. The first-order chi connectivity index (χ1) is 9.49. The van der Waals surface area contributed by atoms with Crippen LogP contribution >= 0.6 is 0 Å². The van der Waals surface area contributed by atoms with Gasteiger partial charge in [-0.3, -0.25) is 4.79 Å². The highest BCUT2D eigenvalue weighted by molar-refractivity contribution is 5.81. The van der Waals surface area contributed by atoms with Gasteiger partial charge in [-0.25, -0.2) is 0 Å². The van der Waals surface area contributed by atoms with Crippen LogP contribution < -0.4 is 0 Å². The standard InChI is InChI=1S/C18H29NO/c1-13(2)19(18(20)17-9-10-17)11-5-6-16-8-7-14(3)12-15(16)4/h5-7,13,15-17H,8-12H2,1-4H3/b6-5-. The Balaban J connectivity index is 1.88. The van der Waals surface area contributed by atoms with Crippen LogP contribution in [0.4, 0.5) is 0 Å². The largest absolute Gasteiger partial charge is 0.336 e. The van der Waals surface area contributed by atoms with E-state index in [1.54, 1.807) is 0 Å². The Bertz CT molecular complexity index is 404. The van der Waals surface area contributed by atoms with Crippen molar-refractivity contribution in [2.75, 3.05) is 6.54 Å². The summed E-state index contributed by atoms with van der Waals surface area (Å²) in [5.41, 5.74) is 1.52. The number of hydrogen-bond donors (Lipinski definition) is 0. The first-order valence-electron chi connectivity index (χ1n) is 8.11. The van der Waals surface area contributed by atoms with E-state index in [9.17, 15) is 4.79 Å². The van der Waals surface area contributed by atoms with Crippen LogP contribution in [0.1, 0.15) is 53.4 Å². The first kappa shape index (κ1) is 15.3. The van der Waals surface area contributed by atoms with Crippen LogP contribution in [0.15, 0.2) is 23.8 Å². The molecule has 2 aliphatic rings. The van der Waals surface area contributed by atoms with Crippen molar-refractivity contribution in [3.8, 4) is 0 Å². The number of amides is 1. The van der Waals surface area contributed by atoms with Crippen LogP contribution in [-0.2, 0) is 4.79 Å². The molecule has 0 heterocycles. The molecule has 1 fully saturated rings. The summed E-state index contributed by atoms with van der Waals surface area (Å²) in [7, 11) is 0. The minimum Gasteiger partial charge on any atom is -0.336 e. The molecule has 0 aliphatic heterocycles. The lowest BCUT2D eigenvalue weighted by Crippen LogP contribution is -2.38. The molecule has 2 rings (SSSR count). The van der Waals surface area contributed by atoms with Crippen molar-refractivity contribution in [2.24, 2.45) is 17.8 Å². The molecular formula is C18H29NO. The fourth-order valence-corrected chi connectivity index (χ4v) is 3.05. The second kappa shape index (κ2) is 6.60.